The summed E-state index contributed by atoms with van der Waals surface area (Å²) >= 11 is 24.9. The van der Waals surface area contributed by atoms with E-state index in [0.29, 0.717) is 78.1 Å². The zero-order chi connectivity index (χ0) is 68.8. The van der Waals surface area contributed by atoms with Crippen molar-refractivity contribution >= 4 is 129 Å². The average Bonchev–Trinajstić information content (AvgIpc) is 1.62. The van der Waals surface area contributed by atoms with Crippen molar-refractivity contribution in [2.24, 2.45) is 56.4 Å². The Kier molecular flexibility index (Phi) is 27.2. The first-order chi connectivity index (χ1) is 44.7. The highest BCUT2D eigenvalue weighted by Gasteiger charge is 2.22. The van der Waals surface area contributed by atoms with Gasteiger partial charge in [-0.3, -0.25) is 55.9 Å². The van der Waals surface area contributed by atoms with Crippen LogP contribution in [-0.4, -0.2) is 184 Å². The monoisotopic (exact) mass is 1410 g/mol. The molecule has 2 fully saturated rings. The van der Waals surface area contributed by atoms with E-state index in [1.807, 2.05) is 32.1 Å². The van der Waals surface area contributed by atoms with Crippen molar-refractivity contribution in [1.29, 1.82) is 0 Å². The number of aromatic nitrogens is 16. The highest BCUT2D eigenvalue weighted by atomic mass is 32.2. The molecule has 28 nitrogen and oxygen atoms in total. The van der Waals surface area contributed by atoms with Crippen LogP contribution in [0.25, 0.3) is 44.7 Å². The van der Waals surface area contributed by atoms with E-state index in [2.05, 4.69) is 42.9 Å². The number of allylic oxidation sites excluding steroid dienone is 2. The van der Waals surface area contributed by atoms with Gasteiger partial charge < -0.3 is 38.0 Å². The molecule has 34 heteroatoms. The summed E-state index contributed by atoms with van der Waals surface area (Å²) in [4.78, 5) is 93.0. The van der Waals surface area contributed by atoms with Gasteiger partial charge in [0.15, 0.2) is 32.9 Å². The summed E-state index contributed by atoms with van der Waals surface area (Å²) in [5.74, 6) is 0.0226. The minimum Gasteiger partial charge on any atom is -0.481 e. The Morgan fingerprint density at radius 2 is 0.755 bits per heavy atom. The molecule has 0 unspecified atom stereocenters. The van der Waals surface area contributed by atoms with Crippen LogP contribution < -0.4 is 22.8 Å². The molecule has 2 N–H and O–H groups in total. The van der Waals surface area contributed by atoms with E-state index < -0.39 is 11.9 Å². The van der Waals surface area contributed by atoms with Gasteiger partial charge in [-0.25, -0.2) is 39.1 Å². The number of carbonyl (C=O) groups is 2. The molecule has 10 rings (SSSR count). The fourth-order valence-corrected chi connectivity index (χ4v) is 13.9. The normalized spacial score (nSPS) is 13.6. The van der Waals surface area contributed by atoms with Crippen LogP contribution in [0.5, 0.6) is 0 Å². The van der Waals surface area contributed by atoms with Gasteiger partial charge in [-0.05, 0) is 52.4 Å². The van der Waals surface area contributed by atoms with Gasteiger partial charge >= 0.3 is 34.7 Å². The van der Waals surface area contributed by atoms with Crippen LogP contribution in [0.1, 0.15) is 65.2 Å². The van der Waals surface area contributed by atoms with Gasteiger partial charge in [-0.15, -0.1) is 13.2 Å². The number of nitrogens with zero attached hydrogens (tertiary/aromatic N) is 18. The van der Waals surface area contributed by atoms with Crippen molar-refractivity contribution < 1.29 is 29.3 Å². The Morgan fingerprint density at radius 3 is 1.06 bits per heavy atom. The number of hydrogen-bond donors (Lipinski definition) is 2. The molecule has 94 heavy (non-hydrogen) atoms. The van der Waals surface area contributed by atoms with E-state index in [-0.39, 0.29) is 35.6 Å². The smallest absolute Gasteiger partial charge is 0.330 e. The van der Waals surface area contributed by atoms with Crippen LogP contribution in [0.2, 0.25) is 0 Å². The van der Waals surface area contributed by atoms with Crippen LogP contribution in [0, 0.1) is 18.6 Å². The topological polar surface area (TPSA) is 279 Å². The SMILES string of the molecule is C=C(C)CCCn1cnc2c1c(=S)n(C)c(=O)n2C.C=C(C)CCCn1cnc2c1c(=S)n(C)c(=O)n2C.Cn1c(=S)c2c(nc(SCCN3CCOCC3)n2CCCC(=O)O)n(C)c1=O.Cn1c(=S)c2c(nc(SCCN3CCOCC3)n2CCCC(=O)O)n(C)c1=O. The summed E-state index contributed by atoms with van der Waals surface area (Å²) in [6.45, 7) is 23.1. The van der Waals surface area contributed by atoms with Gasteiger partial charge in [0, 0.05) is 146 Å². The fraction of sp³-hybridized carbons (Fsp3) is 0.567. The summed E-state index contributed by atoms with van der Waals surface area (Å²) in [6, 6.07) is 0. The zero-order valence-corrected chi connectivity index (χ0v) is 60.1. The van der Waals surface area contributed by atoms with Crippen LogP contribution in [-0.2, 0) is 102 Å². The number of ether oxygens (including phenoxy) is 2. The predicted octanol–water partition coefficient (Wildman–Crippen LogP) is 6.50. The number of carboxylic acids is 2. The molecule has 2 aliphatic heterocycles. The van der Waals surface area contributed by atoms with Crippen molar-refractivity contribution in [2.75, 3.05) is 77.2 Å². The van der Waals surface area contributed by atoms with Crippen LogP contribution >= 0.6 is 72.4 Å². The highest BCUT2D eigenvalue weighted by molar-refractivity contribution is 7.99. The van der Waals surface area contributed by atoms with Crippen LogP contribution in [0.4, 0.5) is 0 Å². The standard InChI is InChI=1S/2C17H25N5O4S2.2C13H18N4OS/c2*1-19-14-13(15(27)20(2)17(19)25)22(5-3-4-12(23)24)16(18-14)28-11-8-21-6-9-26-10-7-21;2*1-9(2)6-5-7-17-8-14-11-10(17)12(19)16(4)13(18)15(11)3/h2*3-11H2,1-2H3,(H,23,24);2*8H,1,5-7H2,2-4H3. The van der Waals surface area contributed by atoms with Crippen molar-refractivity contribution in [3.05, 3.63) is 97.5 Å². The van der Waals surface area contributed by atoms with E-state index in [0.717, 1.165) is 137 Å². The van der Waals surface area contributed by atoms with E-state index in [1.165, 1.54) is 47.7 Å². The largest absolute Gasteiger partial charge is 0.481 e. The molecule has 512 valence electrons. The number of aryl methyl sites for hydroxylation is 8. The highest BCUT2D eigenvalue weighted by Crippen LogP contribution is 2.27. The molecule has 10 heterocycles. The predicted molar refractivity (Wildman–Crippen MR) is 377 cm³/mol. The number of morpholine rings is 2. The first-order valence-electron chi connectivity index (χ1n) is 30.8. The van der Waals surface area contributed by atoms with Crippen molar-refractivity contribution in [3.63, 3.8) is 0 Å². The first-order valence-corrected chi connectivity index (χ1v) is 34.4. The Balaban J connectivity index is 0.000000180. The molecule has 8 aromatic heterocycles. The molecule has 0 radical (unpaired) electrons. The van der Waals surface area contributed by atoms with Gasteiger partial charge in [0.1, 0.15) is 40.6 Å². The Hall–Kier alpha value is -6.76. The lowest BCUT2D eigenvalue weighted by atomic mass is 10.2. The summed E-state index contributed by atoms with van der Waals surface area (Å²) < 4.78 is 32.5. The number of carboxylic acid groups (broad SMARTS) is 2. The number of hydrogen-bond acceptors (Lipinski definition) is 20. The van der Waals surface area contributed by atoms with Crippen molar-refractivity contribution in [3.8, 4) is 0 Å². The van der Waals surface area contributed by atoms with E-state index in [9.17, 15) is 28.8 Å². The third kappa shape index (κ3) is 18.0. The molecule has 0 spiro atoms. The minimum atomic E-state index is -0.831. The van der Waals surface area contributed by atoms with E-state index in [1.54, 1.807) is 92.6 Å². The molecule has 0 aromatic carbocycles. The van der Waals surface area contributed by atoms with E-state index >= 15 is 0 Å². The van der Waals surface area contributed by atoms with E-state index in [4.69, 9.17) is 68.6 Å². The molecule has 0 amide bonds. The quantitative estimate of drug-likeness (QED) is 0.0371. The summed E-state index contributed by atoms with van der Waals surface area (Å²) in [6.07, 6.45) is 8.51. The maximum Gasteiger partial charge on any atom is 0.330 e. The molecule has 0 aliphatic carbocycles. The molecule has 0 saturated carbocycles. The molecule has 2 saturated heterocycles. The van der Waals surface area contributed by atoms with Crippen molar-refractivity contribution in [2.45, 2.75) is 102 Å². The second kappa shape index (κ2) is 34.3. The van der Waals surface area contributed by atoms with Gasteiger partial charge in [0.25, 0.3) is 0 Å². The van der Waals surface area contributed by atoms with Gasteiger partial charge in [0.2, 0.25) is 0 Å². The second-order valence-corrected chi connectivity index (χ2v) is 26.9. The number of aliphatic carboxylic acids is 2. The molecular formula is C60H86N18O10S6. The lowest BCUT2D eigenvalue weighted by molar-refractivity contribution is -0.138. The zero-order valence-electron chi connectivity index (χ0n) is 55.2. The Labute approximate surface area is 572 Å². The molecule has 0 atom stereocenters. The molecule has 8 aromatic rings. The van der Waals surface area contributed by atoms with Crippen LogP contribution in [0.3, 0.4) is 0 Å². The van der Waals surface area contributed by atoms with Gasteiger partial charge in [-0.1, -0.05) is 83.5 Å². The molecule has 0 bridgehead atoms. The third-order valence-corrected chi connectivity index (χ3v) is 19.9. The summed E-state index contributed by atoms with van der Waals surface area (Å²) in [7, 11) is 13.4. The second-order valence-electron chi connectivity index (χ2n) is 23.2. The Morgan fingerprint density at radius 1 is 0.457 bits per heavy atom. The average molecular weight is 1410 g/mol. The number of fused-ring (bicyclic) bond motifs is 4. The van der Waals surface area contributed by atoms with Crippen LogP contribution in [0.15, 0.2) is 66.4 Å². The van der Waals surface area contributed by atoms with Gasteiger partial charge in [0.05, 0.1) is 39.1 Å². The summed E-state index contributed by atoms with van der Waals surface area (Å²) in [5.41, 5.74) is 7.06. The fourth-order valence-electron chi connectivity index (χ4n) is 10.7. The third-order valence-electron chi connectivity index (χ3n) is 16.1. The summed E-state index contributed by atoms with van der Waals surface area (Å²) in [5, 5.41) is 19.5. The lowest BCUT2D eigenvalue weighted by Gasteiger charge is -2.26. The maximum absolute atomic E-state index is 12.4. The molecule has 2 aliphatic rings. The van der Waals surface area contributed by atoms with Crippen molar-refractivity contribution in [1.82, 2.24) is 84.5 Å². The number of rotatable bonds is 24. The maximum atomic E-state index is 12.4. The minimum absolute atomic E-state index is 0.0716. The molecular weight excluding hydrogens is 1330 g/mol. The lowest BCUT2D eigenvalue weighted by Crippen LogP contribution is -2.37. The number of imidazole rings is 4. The Bertz CT molecular complexity index is 4310. The first kappa shape index (κ1) is 74.6. The van der Waals surface area contributed by atoms with Gasteiger partial charge in [-0.2, -0.15) is 0 Å². The number of thioether (sulfide) groups is 2.